The zero-order chi connectivity index (χ0) is 14.7. The molecule has 0 amide bonds. The number of imidazole rings is 1. The number of rotatable bonds is 5. The molecule has 0 saturated heterocycles. The van der Waals surface area contributed by atoms with Crippen LogP contribution in [0, 0.1) is 6.92 Å². The molecule has 0 atom stereocenters. The van der Waals surface area contributed by atoms with Crippen molar-refractivity contribution >= 4 is 15.9 Å². The van der Waals surface area contributed by atoms with E-state index in [1.807, 2.05) is 30.7 Å². The summed E-state index contributed by atoms with van der Waals surface area (Å²) < 4.78 is 13.7. The Bertz CT molecular complexity index is 608. The molecule has 0 aliphatic carbocycles. The first kappa shape index (κ1) is 14.9. The fourth-order valence-electron chi connectivity index (χ4n) is 2.11. The highest BCUT2D eigenvalue weighted by molar-refractivity contribution is 9.10. The third-order valence-corrected chi connectivity index (χ3v) is 4.40. The third kappa shape index (κ3) is 2.98. The van der Waals surface area contributed by atoms with E-state index in [9.17, 15) is 0 Å². The number of nitrogens with zero attached hydrogens (tertiary/aromatic N) is 2. The maximum Gasteiger partial charge on any atom is 0.160 e. The number of aryl methyl sites for hydroxylation is 3. The molecular formula is C15H19BrN2O2. The molecule has 0 aliphatic rings. The Morgan fingerprint density at radius 1 is 1.15 bits per heavy atom. The zero-order valence-corrected chi connectivity index (χ0v) is 13.8. The van der Waals surface area contributed by atoms with Crippen molar-refractivity contribution in [1.82, 2.24) is 9.55 Å². The fraction of sp³-hybridized carbons (Fsp3) is 0.400. The van der Waals surface area contributed by atoms with E-state index >= 15 is 0 Å². The van der Waals surface area contributed by atoms with Crippen molar-refractivity contribution in [2.45, 2.75) is 19.8 Å². The minimum atomic E-state index is 0.756. The molecule has 2 rings (SSSR count). The van der Waals surface area contributed by atoms with E-state index in [-0.39, 0.29) is 0 Å². The molecule has 5 heteroatoms. The Morgan fingerprint density at radius 2 is 1.85 bits per heavy atom. The summed E-state index contributed by atoms with van der Waals surface area (Å²) in [6.07, 6.45) is 1.80. The van der Waals surface area contributed by atoms with E-state index in [1.165, 1.54) is 5.56 Å². The second kappa shape index (κ2) is 6.31. The van der Waals surface area contributed by atoms with Crippen molar-refractivity contribution < 1.29 is 9.47 Å². The fourth-order valence-corrected chi connectivity index (χ4v) is 2.65. The summed E-state index contributed by atoms with van der Waals surface area (Å²) in [4.78, 5) is 4.56. The van der Waals surface area contributed by atoms with Crippen molar-refractivity contribution in [3.8, 4) is 11.5 Å². The molecule has 4 nitrogen and oxygen atoms in total. The second-order valence-corrected chi connectivity index (χ2v) is 5.40. The van der Waals surface area contributed by atoms with E-state index in [0.29, 0.717) is 0 Å². The van der Waals surface area contributed by atoms with Crippen LogP contribution in [-0.4, -0.2) is 23.8 Å². The third-order valence-electron chi connectivity index (χ3n) is 3.41. The molecule has 0 aliphatic heterocycles. The van der Waals surface area contributed by atoms with E-state index in [4.69, 9.17) is 9.47 Å². The Hall–Kier alpha value is -1.49. The van der Waals surface area contributed by atoms with Crippen LogP contribution in [0.4, 0.5) is 0 Å². The van der Waals surface area contributed by atoms with Gasteiger partial charge in [-0.3, -0.25) is 0 Å². The second-order valence-electron chi connectivity index (χ2n) is 4.64. The van der Waals surface area contributed by atoms with Crippen LogP contribution in [0.25, 0.3) is 0 Å². The van der Waals surface area contributed by atoms with Crippen molar-refractivity contribution in [2.75, 3.05) is 14.2 Å². The molecule has 0 fully saturated rings. The van der Waals surface area contributed by atoms with Gasteiger partial charge < -0.3 is 14.0 Å². The molecule has 0 unspecified atom stereocenters. The maximum absolute atomic E-state index is 5.32. The van der Waals surface area contributed by atoms with Crippen LogP contribution in [0.1, 0.15) is 17.1 Å². The zero-order valence-electron chi connectivity index (χ0n) is 12.2. The van der Waals surface area contributed by atoms with Crippen molar-refractivity contribution in [1.29, 1.82) is 0 Å². The SMILES string of the molecule is COc1ccc(CCc2nc(C)n(C)c2Br)cc1OC. The molecule has 0 saturated carbocycles. The number of aromatic nitrogens is 2. The van der Waals surface area contributed by atoms with Crippen molar-refractivity contribution in [3.63, 3.8) is 0 Å². The lowest BCUT2D eigenvalue weighted by molar-refractivity contribution is 0.354. The lowest BCUT2D eigenvalue weighted by atomic mass is 10.1. The Morgan fingerprint density at radius 3 is 2.40 bits per heavy atom. The topological polar surface area (TPSA) is 36.3 Å². The maximum atomic E-state index is 5.32. The van der Waals surface area contributed by atoms with Gasteiger partial charge in [-0.05, 0) is 53.4 Å². The van der Waals surface area contributed by atoms with Crippen LogP contribution in [-0.2, 0) is 19.9 Å². The molecule has 1 aromatic heterocycles. The first-order valence-electron chi connectivity index (χ1n) is 6.45. The van der Waals surface area contributed by atoms with Crippen LogP contribution in [0.15, 0.2) is 22.8 Å². The quantitative estimate of drug-likeness (QED) is 0.839. The van der Waals surface area contributed by atoms with Crippen LogP contribution in [0.3, 0.4) is 0 Å². The Labute approximate surface area is 127 Å². The summed E-state index contributed by atoms with van der Waals surface area (Å²) in [5, 5.41) is 0. The van der Waals surface area contributed by atoms with E-state index < -0.39 is 0 Å². The highest BCUT2D eigenvalue weighted by Gasteiger charge is 2.10. The Balaban J connectivity index is 2.12. The number of benzene rings is 1. The van der Waals surface area contributed by atoms with E-state index in [2.05, 4.69) is 27.0 Å². The summed E-state index contributed by atoms with van der Waals surface area (Å²) in [6.45, 7) is 2.00. The number of hydrogen-bond acceptors (Lipinski definition) is 3. The molecule has 1 aromatic carbocycles. The number of hydrogen-bond donors (Lipinski definition) is 0. The summed E-state index contributed by atoms with van der Waals surface area (Å²) in [6, 6.07) is 6.01. The monoisotopic (exact) mass is 338 g/mol. The largest absolute Gasteiger partial charge is 0.493 e. The summed E-state index contributed by atoms with van der Waals surface area (Å²) in [5.74, 6) is 2.53. The molecule has 108 valence electrons. The van der Waals surface area contributed by atoms with Gasteiger partial charge in [-0.25, -0.2) is 4.98 Å². The van der Waals surface area contributed by atoms with Gasteiger partial charge in [0, 0.05) is 7.05 Å². The predicted molar refractivity (Wildman–Crippen MR) is 82.6 cm³/mol. The highest BCUT2D eigenvalue weighted by Crippen LogP contribution is 2.28. The number of methoxy groups -OCH3 is 2. The Kier molecular flexibility index (Phi) is 4.70. The molecule has 2 aromatic rings. The van der Waals surface area contributed by atoms with E-state index in [1.54, 1.807) is 14.2 Å². The predicted octanol–water partition coefficient (Wildman–Crippen LogP) is 3.29. The average molecular weight is 339 g/mol. The van der Waals surface area contributed by atoms with Crippen LogP contribution < -0.4 is 9.47 Å². The van der Waals surface area contributed by atoms with Crippen LogP contribution >= 0.6 is 15.9 Å². The van der Waals surface area contributed by atoms with Gasteiger partial charge in [-0.1, -0.05) is 6.07 Å². The van der Waals surface area contributed by atoms with Gasteiger partial charge in [0.15, 0.2) is 11.5 Å². The van der Waals surface area contributed by atoms with Crippen LogP contribution in [0.2, 0.25) is 0 Å². The molecule has 1 heterocycles. The van der Waals surface area contributed by atoms with Gasteiger partial charge in [0.1, 0.15) is 10.4 Å². The molecule has 0 spiro atoms. The first-order chi connectivity index (χ1) is 9.56. The van der Waals surface area contributed by atoms with E-state index in [0.717, 1.165) is 40.5 Å². The van der Waals surface area contributed by atoms with Gasteiger partial charge >= 0.3 is 0 Å². The smallest absolute Gasteiger partial charge is 0.160 e. The molecule has 20 heavy (non-hydrogen) atoms. The van der Waals surface area contributed by atoms with Gasteiger partial charge in [-0.2, -0.15) is 0 Å². The van der Waals surface area contributed by atoms with Gasteiger partial charge in [0.2, 0.25) is 0 Å². The normalized spacial score (nSPS) is 10.7. The standard InChI is InChI=1S/C15H19BrN2O2/c1-10-17-12(15(16)18(10)2)7-5-11-6-8-13(19-3)14(9-11)20-4/h6,8-9H,5,7H2,1-4H3. The van der Waals surface area contributed by atoms with Gasteiger partial charge in [-0.15, -0.1) is 0 Å². The molecule has 0 N–H and O–H groups in total. The first-order valence-corrected chi connectivity index (χ1v) is 7.24. The lowest BCUT2D eigenvalue weighted by Gasteiger charge is -2.09. The minimum Gasteiger partial charge on any atom is -0.493 e. The van der Waals surface area contributed by atoms with Crippen molar-refractivity contribution in [2.24, 2.45) is 7.05 Å². The lowest BCUT2D eigenvalue weighted by Crippen LogP contribution is -1.96. The number of halogens is 1. The summed E-state index contributed by atoms with van der Waals surface area (Å²) >= 11 is 3.58. The molecular weight excluding hydrogens is 320 g/mol. The number of ether oxygens (including phenoxy) is 2. The van der Waals surface area contributed by atoms with Gasteiger partial charge in [0.25, 0.3) is 0 Å². The van der Waals surface area contributed by atoms with Crippen LogP contribution in [0.5, 0.6) is 11.5 Å². The van der Waals surface area contributed by atoms with Crippen molar-refractivity contribution in [3.05, 3.63) is 39.9 Å². The highest BCUT2D eigenvalue weighted by atomic mass is 79.9. The van der Waals surface area contributed by atoms with Gasteiger partial charge in [0.05, 0.1) is 19.9 Å². The average Bonchev–Trinajstić information content (AvgIpc) is 2.72. The molecule has 0 radical (unpaired) electrons. The minimum absolute atomic E-state index is 0.756. The molecule has 0 bridgehead atoms. The summed E-state index contributed by atoms with van der Waals surface area (Å²) in [5.41, 5.74) is 2.29. The summed E-state index contributed by atoms with van der Waals surface area (Å²) in [7, 11) is 5.30.